The number of hydrogen-bond donors (Lipinski definition) is 0. The van der Waals surface area contributed by atoms with Crippen LogP contribution in [0.1, 0.15) is 32.4 Å². The molecule has 3 rings (SSSR count). The fraction of sp³-hybridized carbons (Fsp3) is 0.389. The Kier molecular flexibility index (Phi) is 4.85. The van der Waals surface area contributed by atoms with Crippen molar-refractivity contribution in [2.75, 3.05) is 13.7 Å². The van der Waals surface area contributed by atoms with Gasteiger partial charge < -0.3 is 9.47 Å². The number of carbonyl (C=O) groups excluding carboxylic acids is 2. The maximum Gasteiger partial charge on any atom is 0.338 e. The largest absolute Gasteiger partial charge is 0.494 e. The van der Waals surface area contributed by atoms with E-state index >= 15 is 0 Å². The fourth-order valence-corrected chi connectivity index (χ4v) is 4.03. The average molecular weight is 360 g/mol. The first-order valence-electron chi connectivity index (χ1n) is 8.08. The Morgan fingerprint density at radius 2 is 2.00 bits per heavy atom. The lowest BCUT2D eigenvalue weighted by Gasteiger charge is -2.32. The molecule has 0 spiro atoms. The van der Waals surface area contributed by atoms with Crippen molar-refractivity contribution in [1.82, 2.24) is 4.90 Å². The van der Waals surface area contributed by atoms with E-state index in [1.165, 1.54) is 18.9 Å². The summed E-state index contributed by atoms with van der Waals surface area (Å²) in [5.74, 6) is 0.208. The molecular weight excluding hydrogens is 340 g/mol. The zero-order valence-corrected chi connectivity index (χ0v) is 15.4. The molecule has 1 fully saturated rings. The van der Waals surface area contributed by atoms with Crippen LogP contribution in [0.15, 0.2) is 40.5 Å². The maximum atomic E-state index is 12.7. The van der Waals surface area contributed by atoms with Crippen LogP contribution in [0.2, 0.25) is 0 Å². The van der Waals surface area contributed by atoms with Gasteiger partial charge in [0, 0.05) is 0 Å². The van der Waals surface area contributed by atoms with Gasteiger partial charge in [0.05, 0.1) is 36.3 Å². The predicted molar refractivity (Wildman–Crippen MR) is 96.4 cm³/mol. The Bertz CT molecular complexity index is 770. The third kappa shape index (κ3) is 3.04. The van der Waals surface area contributed by atoms with Gasteiger partial charge in [-0.15, -0.1) is 0 Å². The lowest BCUT2D eigenvalue weighted by atomic mass is 9.94. The zero-order valence-electron chi connectivity index (χ0n) is 14.6. The highest BCUT2D eigenvalue weighted by atomic mass is 32.2. The second kappa shape index (κ2) is 6.92. The smallest absolute Gasteiger partial charge is 0.338 e. The molecule has 25 heavy (non-hydrogen) atoms. The monoisotopic (exact) mass is 360 g/mol. The van der Waals surface area contributed by atoms with Crippen LogP contribution >= 0.6 is 11.8 Å². The van der Waals surface area contributed by atoms with Gasteiger partial charge in [0.25, 0.3) is 0 Å². The van der Waals surface area contributed by atoms with Gasteiger partial charge >= 0.3 is 5.97 Å². The number of esters is 1. The molecule has 2 heterocycles. The van der Waals surface area contributed by atoms with E-state index in [9.17, 15) is 9.59 Å². The number of rotatable bonds is 4. The Labute approximate surface area is 150 Å². The molecule has 1 aromatic rings. The molecule has 0 radical (unpaired) electrons. The summed E-state index contributed by atoms with van der Waals surface area (Å²) >= 11 is 1.41. The van der Waals surface area contributed by atoms with Crippen molar-refractivity contribution in [2.45, 2.75) is 32.1 Å². The summed E-state index contributed by atoms with van der Waals surface area (Å²) in [6.07, 6.45) is 0. The van der Waals surface area contributed by atoms with Crippen molar-refractivity contribution < 1.29 is 19.1 Å². The molecule has 6 nitrogen and oxygen atoms in total. The topological polar surface area (TPSA) is 68.2 Å². The molecular formula is C18H20N2O4S. The Morgan fingerprint density at radius 1 is 1.32 bits per heavy atom. The number of amides is 1. The number of carbonyl (C=O) groups is 2. The molecule has 1 aromatic carbocycles. The summed E-state index contributed by atoms with van der Waals surface area (Å²) in [6.45, 7) is 6.11. The Morgan fingerprint density at radius 3 is 2.60 bits per heavy atom. The van der Waals surface area contributed by atoms with Gasteiger partial charge in [-0.2, -0.15) is 0 Å². The second-order valence-corrected chi connectivity index (χ2v) is 7.07. The van der Waals surface area contributed by atoms with Gasteiger partial charge in [-0.1, -0.05) is 23.9 Å². The highest BCUT2D eigenvalue weighted by Crippen LogP contribution is 2.43. The minimum Gasteiger partial charge on any atom is -0.494 e. The normalized spacial score (nSPS) is 22.6. The Hall–Kier alpha value is -2.28. The molecule has 7 heteroatoms. The molecule has 0 N–H and O–H groups in total. The molecule has 1 saturated heterocycles. The van der Waals surface area contributed by atoms with E-state index in [2.05, 4.69) is 4.99 Å². The van der Waals surface area contributed by atoms with E-state index in [0.717, 1.165) is 11.3 Å². The maximum absolute atomic E-state index is 12.7. The zero-order chi connectivity index (χ0) is 18.1. The van der Waals surface area contributed by atoms with Crippen LogP contribution in [0, 0.1) is 0 Å². The molecule has 0 aliphatic carbocycles. The van der Waals surface area contributed by atoms with Crippen molar-refractivity contribution in [3.8, 4) is 5.75 Å². The number of hydrogen-bond acceptors (Lipinski definition) is 6. The summed E-state index contributed by atoms with van der Waals surface area (Å²) in [5.41, 5.74) is 1.78. The number of aliphatic imine (C=N–C) groups is 1. The summed E-state index contributed by atoms with van der Waals surface area (Å²) in [7, 11) is 1.33. The van der Waals surface area contributed by atoms with Crippen LogP contribution < -0.4 is 4.74 Å². The summed E-state index contributed by atoms with van der Waals surface area (Å²) in [4.78, 5) is 31.1. The summed E-state index contributed by atoms with van der Waals surface area (Å²) < 4.78 is 10.4. The molecule has 2 atom stereocenters. The highest BCUT2D eigenvalue weighted by molar-refractivity contribution is 8.15. The molecule has 2 aliphatic heterocycles. The standard InChI is InChI=1S/C18H20N2O4S/c1-5-24-13-8-6-12(7-9-13)15-14(17(22)23-4)10(2)19-18-20(15)16(21)11(3)25-18/h6-9,11,15H,5H2,1-4H3/t11-,15+/m1/s1. The number of thioether (sulfide) groups is 1. The van der Waals surface area contributed by atoms with Crippen molar-refractivity contribution in [2.24, 2.45) is 4.99 Å². The average Bonchev–Trinajstić information content (AvgIpc) is 2.88. The second-order valence-electron chi connectivity index (χ2n) is 5.76. The van der Waals surface area contributed by atoms with Gasteiger partial charge in [0.15, 0.2) is 5.17 Å². The van der Waals surface area contributed by atoms with Gasteiger partial charge in [-0.05, 0) is 38.5 Å². The number of nitrogens with zero attached hydrogens (tertiary/aromatic N) is 2. The summed E-state index contributed by atoms with van der Waals surface area (Å²) in [6, 6.07) is 6.88. The van der Waals surface area contributed by atoms with Crippen molar-refractivity contribution in [1.29, 1.82) is 0 Å². The third-order valence-electron chi connectivity index (χ3n) is 4.17. The van der Waals surface area contributed by atoms with E-state index < -0.39 is 12.0 Å². The molecule has 0 aromatic heterocycles. The Balaban J connectivity index is 2.09. The highest BCUT2D eigenvalue weighted by Gasteiger charge is 2.46. The molecule has 0 saturated carbocycles. The number of methoxy groups -OCH3 is 1. The fourth-order valence-electron chi connectivity index (χ4n) is 3.00. The lowest BCUT2D eigenvalue weighted by molar-refractivity contribution is -0.137. The van der Waals surface area contributed by atoms with E-state index in [1.54, 1.807) is 11.8 Å². The number of fused-ring (bicyclic) bond motifs is 1. The summed E-state index contributed by atoms with van der Waals surface area (Å²) in [5, 5.41) is 0.398. The first kappa shape index (κ1) is 17.5. The van der Waals surface area contributed by atoms with Crippen LogP contribution in [0.4, 0.5) is 0 Å². The van der Waals surface area contributed by atoms with E-state index in [-0.39, 0.29) is 11.2 Å². The van der Waals surface area contributed by atoms with Gasteiger partial charge in [0.2, 0.25) is 5.91 Å². The molecule has 0 unspecified atom stereocenters. The lowest BCUT2D eigenvalue weighted by Crippen LogP contribution is -2.40. The number of ether oxygens (including phenoxy) is 2. The minimum absolute atomic E-state index is 0.0588. The van der Waals surface area contributed by atoms with Gasteiger partial charge in [0.1, 0.15) is 5.75 Å². The first-order chi connectivity index (χ1) is 12.0. The van der Waals surface area contributed by atoms with E-state index in [1.807, 2.05) is 38.1 Å². The third-order valence-corrected chi connectivity index (χ3v) is 5.22. The molecule has 0 bridgehead atoms. The molecule has 1 amide bonds. The van der Waals surface area contributed by atoms with Crippen LogP contribution in [0.3, 0.4) is 0 Å². The van der Waals surface area contributed by atoms with E-state index in [0.29, 0.717) is 23.0 Å². The number of allylic oxidation sites excluding steroid dienone is 1. The first-order valence-corrected chi connectivity index (χ1v) is 8.96. The van der Waals surface area contributed by atoms with Gasteiger partial charge in [-0.3, -0.25) is 9.69 Å². The number of benzene rings is 1. The van der Waals surface area contributed by atoms with Gasteiger partial charge in [-0.25, -0.2) is 9.79 Å². The van der Waals surface area contributed by atoms with Crippen LogP contribution in [0.5, 0.6) is 5.75 Å². The van der Waals surface area contributed by atoms with Crippen LogP contribution in [-0.2, 0) is 14.3 Å². The molecule has 2 aliphatic rings. The van der Waals surface area contributed by atoms with Crippen molar-refractivity contribution in [3.63, 3.8) is 0 Å². The minimum atomic E-state index is -0.541. The number of amidine groups is 1. The van der Waals surface area contributed by atoms with E-state index in [4.69, 9.17) is 9.47 Å². The van der Waals surface area contributed by atoms with Crippen molar-refractivity contribution in [3.05, 3.63) is 41.1 Å². The predicted octanol–water partition coefficient (Wildman–Crippen LogP) is 2.91. The molecule has 132 valence electrons. The van der Waals surface area contributed by atoms with Crippen LogP contribution in [0.25, 0.3) is 0 Å². The quantitative estimate of drug-likeness (QED) is 0.772. The van der Waals surface area contributed by atoms with Crippen LogP contribution in [-0.4, -0.2) is 40.9 Å². The SMILES string of the molecule is CCOc1ccc([C@H]2C(C(=O)OC)=C(C)N=C3S[C@H](C)C(=O)N32)cc1. The van der Waals surface area contributed by atoms with Crippen molar-refractivity contribution >= 4 is 28.8 Å².